The maximum absolute atomic E-state index is 4.17. The normalized spacial score (nSPS) is 11.2. The lowest BCUT2D eigenvalue weighted by molar-refractivity contribution is 0.893. The summed E-state index contributed by atoms with van der Waals surface area (Å²) < 4.78 is 3.62. The lowest BCUT2D eigenvalue weighted by Gasteiger charge is -1.88. The summed E-state index contributed by atoms with van der Waals surface area (Å²) in [6, 6.07) is 3.85. The monoisotopic (exact) mass is 174 g/mol. The van der Waals surface area contributed by atoms with E-state index in [1.165, 1.54) is 0 Å². The molecule has 0 atom stereocenters. The van der Waals surface area contributed by atoms with E-state index in [-0.39, 0.29) is 0 Å². The molecule has 0 spiro atoms. The molecule has 0 aliphatic carbocycles. The Balaban J connectivity index is 2.14. The second kappa shape index (κ2) is 3.26. The predicted molar refractivity (Wildman–Crippen MR) is 50.6 cm³/mol. The van der Waals surface area contributed by atoms with Crippen molar-refractivity contribution in [3.8, 4) is 0 Å². The van der Waals surface area contributed by atoms with Gasteiger partial charge in [-0.15, -0.1) is 0 Å². The van der Waals surface area contributed by atoms with E-state index in [1.807, 2.05) is 42.3 Å². The number of aryl methyl sites for hydroxylation is 1. The van der Waals surface area contributed by atoms with Gasteiger partial charge in [-0.1, -0.05) is 0 Å². The van der Waals surface area contributed by atoms with E-state index in [0.717, 1.165) is 5.69 Å². The highest BCUT2D eigenvalue weighted by Crippen LogP contribution is 1.92. The molecule has 4 nitrogen and oxygen atoms in total. The Morgan fingerprint density at radius 3 is 2.77 bits per heavy atom. The smallest absolute Gasteiger partial charge is 0.101 e. The van der Waals surface area contributed by atoms with Crippen LogP contribution in [0.15, 0.2) is 42.2 Å². The van der Waals surface area contributed by atoms with Crippen LogP contribution < -0.4 is 0 Å². The topological polar surface area (TPSA) is 35.1 Å². The first-order chi connectivity index (χ1) is 6.34. The van der Waals surface area contributed by atoms with Crippen molar-refractivity contribution in [2.24, 2.45) is 12.1 Å². The van der Waals surface area contributed by atoms with Gasteiger partial charge >= 0.3 is 0 Å². The molecular weight excluding hydrogens is 164 g/mol. The van der Waals surface area contributed by atoms with Crippen molar-refractivity contribution < 1.29 is 0 Å². The molecule has 0 unspecified atom stereocenters. The van der Waals surface area contributed by atoms with Gasteiger partial charge in [-0.2, -0.15) is 5.10 Å². The fraction of sp³-hybridized carbons (Fsp3) is 0.111. The Bertz CT molecular complexity index is 397. The Morgan fingerprint density at radius 2 is 2.15 bits per heavy atom. The van der Waals surface area contributed by atoms with Crippen LogP contribution >= 0.6 is 0 Å². The average molecular weight is 174 g/mol. The van der Waals surface area contributed by atoms with E-state index in [0.29, 0.717) is 0 Å². The van der Waals surface area contributed by atoms with E-state index < -0.39 is 0 Å². The van der Waals surface area contributed by atoms with Crippen LogP contribution in [0.2, 0.25) is 0 Å². The van der Waals surface area contributed by atoms with Gasteiger partial charge in [0.1, 0.15) is 5.69 Å². The molecule has 0 radical (unpaired) electrons. The van der Waals surface area contributed by atoms with Crippen molar-refractivity contribution in [2.75, 3.05) is 0 Å². The van der Waals surface area contributed by atoms with E-state index in [1.54, 1.807) is 17.2 Å². The fourth-order valence-corrected chi connectivity index (χ4v) is 1.03. The van der Waals surface area contributed by atoms with Crippen LogP contribution in [0.4, 0.5) is 0 Å². The highest BCUT2D eigenvalue weighted by atomic mass is 15.3. The average Bonchev–Trinajstić information content (AvgIpc) is 2.71. The van der Waals surface area contributed by atoms with Gasteiger partial charge in [0.2, 0.25) is 0 Å². The van der Waals surface area contributed by atoms with Crippen LogP contribution in [-0.2, 0) is 7.05 Å². The van der Waals surface area contributed by atoms with Crippen molar-refractivity contribution in [3.05, 3.63) is 42.7 Å². The van der Waals surface area contributed by atoms with Crippen molar-refractivity contribution >= 4 is 6.21 Å². The summed E-state index contributed by atoms with van der Waals surface area (Å²) in [5.74, 6) is 0. The van der Waals surface area contributed by atoms with Crippen molar-refractivity contribution in [1.82, 2.24) is 14.2 Å². The van der Waals surface area contributed by atoms with Crippen LogP contribution in [0.5, 0.6) is 0 Å². The number of rotatable bonds is 2. The molecule has 0 aliphatic rings. The van der Waals surface area contributed by atoms with Crippen LogP contribution in [0.3, 0.4) is 0 Å². The number of hydrogen-bond acceptors (Lipinski definition) is 2. The molecule has 4 heteroatoms. The van der Waals surface area contributed by atoms with E-state index in [4.69, 9.17) is 0 Å². The lowest BCUT2D eigenvalue weighted by atomic mass is 10.5. The number of nitrogens with zero attached hydrogens (tertiary/aromatic N) is 4. The van der Waals surface area contributed by atoms with E-state index >= 15 is 0 Å². The van der Waals surface area contributed by atoms with Gasteiger partial charge < -0.3 is 4.57 Å². The number of imidazole rings is 1. The molecule has 0 aromatic carbocycles. The van der Waals surface area contributed by atoms with Gasteiger partial charge in [-0.05, 0) is 12.1 Å². The van der Waals surface area contributed by atoms with Crippen molar-refractivity contribution in [1.29, 1.82) is 0 Å². The Hall–Kier alpha value is -1.84. The third-order valence-electron chi connectivity index (χ3n) is 1.64. The lowest BCUT2D eigenvalue weighted by Crippen LogP contribution is -1.86. The molecule has 13 heavy (non-hydrogen) atoms. The number of hydrogen-bond donors (Lipinski definition) is 0. The van der Waals surface area contributed by atoms with Crippen LogP contribution in [0.25, 0.3) is 0 Å². The zero-order chi connectivity index (χ0) is 9.10. The summed E-state index contributed by atoms with van der Waals surface area (Å²) in [6.07, 6.45) is 9.13. The second-order valence-electron chi connectivity index (χ2n) is 2.77. The van der Waals surface area contributed by atoms with Gasteiger partial charge in [-0.3, -0.25) is 0 Å². The quantitative estimate of drug-likeness (QED) is 0.628. The van der Waals surface area contributed by atoms with Gasteiger partial charge in [0.05, 0.1) is 12.5 Å². The summed E-state index contributed by atoms with van der Waals surface area (Å²) >= 11 is 0. The molecule has 2 rings (SSSR count). The minimum atomic E-state index is 0.858. The molecule has 0 saturated heterocycles. The summed E-state index contributed by atoms with van der Waals surface area (Å²) in [6.45, 7) is 0. The molecule has 0 N–H and O–H groups in total. The molecule has 0 bridgehead atoms. The summed E-state index contributed by atoms with van der Waals surface area (Å²) in [5.41, 5.74) is 0.858. The maximum atomic E-state index is 4.17. The SMILES string of the molecule is Cn1cnc(/C=N/n2cccc2)c1. The summed E-state index contributed by atoms with van der Waals surface area (Å²) in [7, 11) is 1.93. The van der Waals surface area contributed by atoms with Gasteiger partial charge in [0.25, 0.3) is 0 Å². The molecule has 0 saturated carbocycles. The summed E-state index contributed by atoms with van der Waals surface area (Å²) in [5, 5.41) is 4.17. The van der Waals surface area contributed by atoms with E-state index in [2.05, 4.69) is 10.1 Å². The first-order valence-electron chi connectivity index (χ1n) is 4.00. The molecule has 66 valence electrons. The molecule has 2 aromatic heterocycles. The Morgan fingerprint density at radius 1 is 1.38 bits per heavy atom. The summed E-state index contributed by atoms with van der Waals surface area (Å²) in [4.78, 5) is 4.12. The molecular formula is C9H10N4. The standard InChI is InChI=1S/C9H10N4/c1-12-7-9(10-8-12)6-11-13-4-2-3-5-13/h2-8H,1H3/b11-6+. The molecule has 0 fully saturated rings. The van der Waals surface area contributed by atoms with Crippen LogP contribution in [0, 0.1) is 0 Å². The predicted octanol–water partition coefficient (Wildman–Crippen LogP) is 1.10. The zero-order valence-corrected chi connectivity index (χ0v) is 7.33. The molecule has 2 heterocycles. The van der Waals surface area contributed by atoms with Crippen LogP contribution in [-0.4, -0.2) is 20.4 Å². The molecule has 0 aliphatic heterocycles. The van der Waals surface area contributed by atoms with Gasteiger partial charge in [0.15, 0.2) is 0 Å². The third-order valence-corrected chi connectivity index (χ3v) is 1.64. The maximum Gasteiger partial charge on any atom is 0.101 e. The second-order valence-corrected chi connectivity index (χ2v) is 2.77. The van der Waals surface area contributed by atoms with Crippen molar-refractivity contribution in [2.45, 2.75) is 0 Å². The van der Waals surface area contributed by atoms with Gasteiger partial charge in [0, 0.05) is 25.6 Å². The van der Waals surface area contributed by atoms with Crippen LogP contribution in [0.1, 0.15) is 5.69 Å². The first-order valence-corrected chi connectivity index (χ1v) is 4.00. The molecule has 2 aromatic rings. The minimum absolute atomic E-state index is 0.858. The van der Waals surface area contributed by atoms with Gasteiger partial charge in [-0.25, -0.2) is 9.66 Å². The van der Waals surface area contributed by atoms with Crippen molar-refractivity contribution in [3.63, 3.8) is 0 Å². The largest absolute Gasteiger partial charge is 0.340 e. The molecule has 0 amide bonds. The highest BCUT2D eigenvalue weighted by Gasteiger charge is 1.90. The zero-order valence-electron chi connectivity index (χ0n) is 7.33. The van der Waals surface area contributed by atoms with E-state index in [9.17, 15) is 0 Å². The fourth-order valence-electron chi connectivity index (χ4n) is 1.03. The Kier molecular flexibility index (Phi) is 1.96. The first kappa shape index (κ1) is 7.79. The third kappa shape index (κ3) is 1.84. The highest BCUT2D eigenvalue weighted by molar-refractivity contribution is 5.76. The minimum Gasteiger partial charge on any atom is -0.340 e. The number of aromatic nitrogens is 3. The Labute approximate surface area is 76.1 Å².